The van der Waals surface area contributed by atoms with Crippen LogP contribution in [0.2, 0.25) is 0 Å². The van der Waals surface area contributed by atoms with Crippen molar-refractivity contribution < 1.29 is 0 Å². The lowest BCUT2D eigenvalue weighted by molar-refractivity contribution is 1.45. The molecule has 0 nitrogen and oxygen atoms in total. The maximum absolute atomic E-state index is 2.39. The average Bonchev–Trinajstić information content (AvgIpc) is 3.26. The quantitative estimate of drug-likeness (QED) is 0.160. The molecule has 0 heteroatoms. The minimum absolute atomic E-state index is 1.22. The molecule has 0 aromatic heterocycles. The molecule has 0 aliphatic heterocycles. The van der Waals surface area contributed by atoms with Crippen LogP contribution in [-0.4, -0.2) is 0 Å². The van der Waals surface area contributed by atoms with E-state index in [0.29, 0.717) is 0 Å². The predicted octanol–water partition coefficient (Wildman–Crippen LogP) is 15.9. The number of benzene rings is 11. The molecule has 56 heavy (non-hydrogen) atoms. The standard InChI is InChI=1S/C56H38/c1-35-27-41(31-43(29-35)39-23-25-53-49-15-5-3-11-45(49)47-13-7-9-17-51(47)55(53)33-39)37-19-21-38(22-20-37)42-28-36(2)30-44(32-42)40-24-26-54-50-16-6-4-12-46(50)48-14-8-10-18-52(48)56(54)34-40/h3-34H,1-2H3. The topological polar surface area (TPSA) is 0 Å². The number of fused-ring (bicyclic) bond motifs is 12. The predicted molar refractivity (Wildman–Crippen MR) is 243 cm³/mol. The number of rotatable bonds is 4. The third kappa shape index (κ3) is 5.29. The Bertz CT molecular complexity index is 3070. The van der Waals surface area contributed by atoms with Gasteiger partial charge < -0.3 is 0 Å². The first-order chi connectivity index (χ1) is 27.6. The van der Waals surface area contributed by atoms with E-state index in [9.17, 15) is 0 Å². The van der Waals surface area contributed by atoms with Crippen LogP contribution >= 0.6 is 0 Å². The fourth-order valence-corrected chi connectivity index (χ4v) is 9.26. The Morgan fingerprint density at radius 3 is 0.714 bits per heavy atom. The van der Waals surface area contributed by atoms with E-state index < -0.39 is 0 Å². The van der Waals surface area contributed by atoms with Crippen molar-refractivity contribution in [2.75, 3.05) is 0 Å². The van der Waals surface area contributed by atoms with Crippen LogP contribution < -0.4 is 0 Å². The molecule has 0 unspecified atom stereocenters. The van der Waals surface area contributed by atoms with Gasteiger partial charge in [-0.2, -0.15) is 0 Å². The van der Waals surface area contributed by atoms with E-state index in [1.807, 2.05) is 0 Å². The van der Waals surface area contributed by atoms with Crippen LogP contribution in [0.4, 0.5) is 0 Å². The Labute approximate surface area is 326 Å². The van der Waals surface area contributed by atoms with Gasteiger partial charge in [0, 0.05) is 0 Å². The molecule has 0 N–H and O–H groups in total. The molecular formula is C56H38. The Hall–Kier alpha value is -7.02. The summed E-state index contributed by atoms with van der Waals surface area (Å²) in [5.41, 5.74) is 12.4. The maximum Gasteiger partial charge on any atom is -0.00928 e. The normalized spacial score (nSPS) is 11.8. The summed E-state index contributed by atoms with van der Waals surface area (Å²) < 4.78 is 0. The van der Waals surface area contributed by atoms with Gasteiger partial charge in [-0.1, -0.05) is 170 Å². The first-order valence-electron chi connectivity index (χ1n) is 19.6. The van der Waals surface area contributed by atoms with Crippen molar-refractivity contribution in [1.29, 1.82) is 0 Å². The Kier molecular flexibility index (Phi) is 7.41. The van der Waals surface area contributed by atoms with E-state index in [2.05, 4.69) is 208 Å². The summed E-state index contributed by atoms with van der Waals surface area (Å²) in [5.74, 6) is 0. The van der Waals surface area contributed by atoms with Crippen LogP contribution in [0.3, 0.4) is 0 Å². The second kappa shape index (κ2) is 12.8. The molecule has 0 amide bonds. The molecule has 0 aliphatic carbocycles. The molecule has 0 spiro atoms. The van der Waals surface area contributed by atoms with Gasteiger partial charge >= 0.3 is 0 Å². The molecule has 0 bridgehead atoms. The summed E-state index contributed by atoms with van der Waals surface area (Å²) in [5, 5.41) is 15.6. The number of aryl methyl sites for hydroxylation is 2. The zero-order chi connectivity index (χ0) is 37.3. The van der Waals surface area contributed by atoms with Gasteiger partial charge in [0.25, 0.3) is 0 Å². The highest BCUT2D eigenvalue weighted by Crippen LogP contribution is 2.40. The summed E-state index contributed by atoms with van der Waals surface area (Å²) in [7, 11) is 0. The van der Waals surface area contributed by atoms with E-state index in [-0.39, 0.29) is 0 Å². The third-order valence-corrected chi connectivity index (χ3v) is 11.9. The number of hydrogen-bond donors (Lipinski definition) is 0. The van der Waals surface area contributed by atoms with Crippen LogP contribution in [0.5, 0.6) is 0 Å². The highest BCUT2D eigenvalue weighted by atomic mass is 14.2. The molecule has 0 saturated heterocycles. The Balaban J connectivity index is 0.956. The van der Waals surface area contributed by atoms with Crippen molar-refractivity contribution in [1.82, 2.24) is 0 Å². The van der Waals surface area contributed by atoms with E-state index in [1.165, 1.54) is 120 Å². The van der Waals surface area contributed by atoms with Crippen molar-refractivity contribution >= 4 is 64.6 Å². The summed E-state index contributed by atoms with van der Waals surface area (Å²) in [6, 6.07) is 72.3. The lowest BCUT2D eigenvalue weighted by atomic mass is 9.90. The molecule has 11 aromatic rings. The minimum atomic E-state index is 1.22. The van der Waals surface area contributed by atoms with Crippen LogP contribution in [0.25, 0.3) is 109 Å². The Morgan fingerprint density at radius 2 is 0.411 bits per heavy atom. The van der Waals surface area contributed by atoms with Crippen molar-refractivity contribution in [3.8, 4) is 44.5 Å². The Morgan fingerprint density at radius 1 is 0.179 bits per heavy atom. The average molecular weight is 711 g/mol. The fraction of sp³-hybridized carbons (Fsp3) is 0.0357. The van der Waals surface area contributed by atoms with Gasteiger partial charge in [-0.15, -0.1) is 0 Å². The molecule has 262 valence electrons. The van der Waals surface area contributed by atoms with Gasteiger partial charge in [0.05, 0.1) is 0 Å². The molecule has 0 aliphatic rings. The summed E-state index contributed by atoms with van der Waals surface area (Å²) >= 11 is 0. The van der Waals surface area contributed by atoms with Crippen molar-refractivity contribution in [2.45, 2.75) is 13.8 Å². The molecule has 0 saturated carbocycles. The highest BCUT2D eigenvalue weighted by molar-refractivity contribution is 6.27. The van der Waals surface area contributed by atoms with Crippen molar-refractivity contribution in [3.63, 3.8) is 0 Å². The summed E-state index contributed by atoms with van der Waals surface area (Å²) in [6.07, 6.45) is 0. The molecule has 0 atom stereocenters. The zero-order valence-corrected chi connectivity index (χ0v) is 31.5. The van der Waals surface area contributed by atoms with Crippen molar-refractivity contribution in [3.05, 3.63) is 205 Å². The van der Waals surface area contributed by atoms with E-state index >= 15 is 0 Å². The van der Waals surface area contributed by atoms with Gasteiger partial charge in [-0.25, -0.2) is 0 Å². The van der Waals surface area contributed by atoms with E-state index in [1.54, 1.807) is 0 Å². The van der Waals surface area contributed by atoms with Gasteiger partial charge in [0.15, 0.2) is 0 Å². The third-order valence-electron chi connectivity index (χ3n) is 11.9. The second-order valence-electron chi connectivity index (χ2n) is 15.5. The zero-order valence-electron chi connectivity index (χ0n) is 31.5. The highest BCUT2D eigenvalue weighted by Gasteiger charge is 2.13. The van der Waals surface area contributed by atoms with Crippen LogP contribution in [-0.2, 0) is 0 Å². The molecule has 0 radical (unpaired) electrons. The van der Waals surface area contributed by atoms with Gasteiger partial charge in [-0.05, 0) is 158 Å². The summed E-state index contributed by atoms with van der Waals surface area (Å²) in [6.45, 7) is 4.41. The maximum atomic E-state index is 2.39. The fourth-order valence-electron chi connectivity index (χ4n) is 9.26. The van der Waals surface area contributed by atoms with E-state index in [0.717, 1.165) is 0 Å². The minimum Gasteiger partial charge on any atom is -0.0616 e. The van der Waals surface area contributed by atoms with Gasteiger partial charge in [0.1, 0.15) is 0 Å². The van der Waals surface area contributed by atoms with Gasteiger partial charge in [0.2, 0.25) is 0 Å². The monoisotopic (exact) mass is 710 g/mol. The van der Waals surface area contributed by atoms with E-state index in [4.69, 9.17) is 0 Å². The lowest BCUT2D eigenvalue weighted by Gasteiger charge is -2.14. The van der Waals surface area contributed by atoms with Crippen molar-refractivity contribution in [2.24, 2.45) is 0 Å². The lowest BCUT2D eigenvalue weighted by Crippen LogP contribution is -1.88. The molecular weight excluding hydrogens is 673 g/mol. The second-order valence-corrected chi connectivity index (χ2v) is 15.5. The van der Waals surface area contributed by atoms with Crippen LogP contribution in [0.1, 0.15) is 11.1 Å². The largest absolute Gasteiger partial charge is 0.0616 e. The van der Waals surface area contributed by atoms with Gasteiger partial charge in [-0.3, -0.25) is 0 Å². The first kappa shape index (κ1) is 32.4. The molecule has 11 aromatic carbocycles. The van der Waals surface area contributed by atoms with Crippen LogP contribution in [0.15, 0.2) is 194 Å². The summed E-state index contributed by atoms with van der Waals surface area (Å²) in [4.78, 5) is 0. The SMILES string of the molecule is Cc1cc(-c2ccc(-c3cc(C)cc(-c4ccc5c6ccccc6c6ccccc6c5c4)c3)cc2)cc(-c2ccc3c4ccccc4c4ccccc4c3c2)c1. The molecule has 0 fully saturated rings. The number of hydrogen-bond acceptors (Lipinski definition) is 0. The molecule has 0 heterocycles. The first-order valence-corrected chi connectivity index (χ1v) is 19.6. The molecule has 11 rings (SSSR count). The van der Waals surface area contributed by atoms with Crippen LogP contribution in [0, 0.1) is 13.8 Å². The smallest absolute Gasteiger partial charge is 0.00928 e.